The van der Waals surface area contributed by atoms with Crippen LogP contribution in [-0.4, -0.2) is 41.5 Å². The molecule has 0 aliphatic rings. The second-order valence-electron chi connectivity index (χ2n) is 7.13. The fourth-order valence-corrected chi connectivity index (χ4v) is 2.99. The Hall–Kier alpha value is -2.84. The Morgan fingerprint density at radius 3 is 2.43 bits per heavy atom. The van der Waals surface area contributed by atoms with Crippen LogP contribution >= 0.6 is 11.6 Å². The SMILES string of the molecule is CON(C)c1ncoc1COc1ccc(C(C)(C)c2cnc(NCCCl)nc2)cc1. The van der Waals surface area contributed by atoms with Crippen LogP contribution in [-0.2, 0) is 16.9 Å². The smallest absolute Gasteiger partial charge is 0.222 e. The fraction of sp³-hybridized carbons (Fsp3) is 0.381. The molecular formula is C21H26ClN5O3. The lowest BCUT2D eigenvalue weighted by atomic mass is 9.79. The van der Waals surface area contributed by atoms with Crippen molar-refractivity contribution in [2.75, 3.05) is 37.0 Å². The van der Waals surface area contributed by atoms with Gasteiger partial charge in [-0.25, -0.2) is 15.0 Å². The van der Waals surface area contributed by atoms with Gasteiger partial charge in [0.05, 0.1) is 7.11 Å². The number of ether oxygens (including phenoxy) is 1. The van der Waals surface area contributed by atoms with E-state index in [1.807, 2.05) is 36.7 Å². The minimum Gasteiger partial charge on any atom is -0.486 e. The second kappa shape index (κ2) is 9.77. The molecule has 1 N–H and O–H groups in total. The van der Waals surface area contributed by atoms with Crippen LogP contribution in [0.15, 0.2) is 47.5 Å². The Morgan fingerprint density at radius 1 is 1.10 bits per heavy atom. The molecule has 0 saturated heterocycles. The summed E-state index contributed by atoms with van der Waals surface area (Å²) in [5.74, 6) is 2.98. The highest BCUT2D eigenvalue weighted by molar-refractivity contribution is 6.18. The molecule has 8 nitrogen and oxygen atoms in total. The van der Waals surface area contributed by atoms with E-state index in [9.17, 15) is 0 Å². The standard InChI is InChI=1S/C21H26ClN5O3/c1-21(2,16-11-24-20(25-12-16)23-10-9-22)15-5-7-17(8-6-15)29-13-18-19(26-14-30-18)27(3)28-4/h5-8,11-12,14H,9-10,13H2,1-4H3,(H,23,24,25). The first kappa shape index (κ1) is 21.9. The third-order valence-corrected chi connectivity index (χ3v) is 5.08. The number of oxazole rings is 1. The lowest BCUT2D eigenvalue weighted by Gasteiger charge is -2.25. The monoisotopic (exact) mass is 431 g/mol. The third-order valence-electron chi connectivity index (χ3n) is 4.89. The second-order valence-corrected chi connectivity index (χ2v) is 7.51. The molecule has 160 valence electrons. The van der Waals surface area contributed by atoms with E-state index in [4.69, 9.17) is 25.6 Å². The van der Waals surface area contributed by atoms with E-state index < -0.39 is 0 Å². The van der Waals surface area contributed by atoms with Crippen molar-refractivity contribution in [3.05, 3.63) is 59.9 Å². The van der Waals surface area contributed by atoms with Crippen LogP contribution in [0.2, 0.25) is 0 Å². The Labute approximate surface area is 181 Å². The van der Waals surface area contributed by atoms with Gasteiger partial charge in [0.2, 0.25) is 5.95 Å². The molecular weight excluding hydrogens is 406 g/mol. The van der Waals surface area contributed by atoms with Gasteiger partial charge < -0.3 is 14.5 Å². The van der Waals surface area contributed by atoms with Crippen molar-refractivity contribution < 1.29 is 14.0 Å². The van der Waals surface area contributed by atoms with E-state index in [2.05, 4.69) is 34.1 Å². The molecule has 2 heterocycles. The number of benzene rings is 1. The molecule has 9 heteroatoms. The molecule has 0 aliphatic heterocycles. The summed E-state index contributed by atoms with van der Waals surface area (Å²) in [4.78, 5) is 18.0. The highest BCUT2D eigenvalue weighted by Crippen LogP contribution is 2.32. The molecule has 2 aromatic heterocycles. The van der Waals surface area contributed by atoms with Crippen molar-refractivity contribution in [2.45, 2.75) is 25.9 Å². The molecule has 0 spiro atoms. The zero-order valence-corrected chi connectivity index (χ0v) is 18.3. The largest absolute Gasteiger partial charge is 0.486 e. The van der Waals surface area contributed by atoms with Crippen molar-refractivity contribution >= 4 is 23.4 Å². The first-order chi connectivity index (χ1) is 14.5. The number of alkyl halides is 1. The maximum atomic E-state index is 5.85. The van der Waals surface area contributed by atoms with Crippen LogP contribution < -0.4 is 15.1 Å². The first-order valence-electron chi connectivity index (χ1n) is 9.51. The van der Waals surface area contributed by atoms with Crippen molar-refractivity contribution in [1.82, 2.24) is 15.0 Å². The fourth-order valence-electron chi connectivity index (χ4n) is 2.89. The summed E-state index contributed by atoms with van der Waals surface area (Å²) in [5, 5.41) is 4.59. The average molecular weight is 432 g/mol. The van der Waals surface area contributed by atoms with Crippen molar-refractivity contribution in [3.63, 3.8) is 0 Å². The lowest BCUT2D eigenvalue weighted by molar-refractivity contribution is 0.179. The van der Waals surface area contributed by atoms with E-state index in [-0.39, 0.29) is 12.0 Å². The summed E-state index contributed by atoms with van der Waals surface area (Å²) in [5.41, 5.74) is 1.88. The highest BCUT2D eigenvalue weighted by Gasteiger charge is 2.24. The molecule has 0 bridgehead atoms. The van der Waals surface area contributed by atoms with Crippen LogP contribution in [0.5, 0.6) is 5.75 Å². The number of halogens is 1. The molecule has 0 amide bonds. The van der Waals surface area contributed by atoms with Gasteiger partial charge in [-0.2, -0.15) is 4.98 Å². The summed E-state index contributed by atoms with van der Waals surface area (Å²) in [6.45, 7) is 5.14. The highest BCUT2D eigenvalue weighted by atomic mass is 35.5. The van der Waals surface area contributed by atoms with Crippen molar-refractivity contribution in [1.29, 1.82) is 0 Å². The van der Waals surface area contributed by atoms with Gasteiger partial charge in [0.1, 0.15) is 12.4 Å². The zero-order valence-electron chi connectivity index (χ0n) is 17.6. The summed E-state index contributed by atoms with van der Waals surface area (Å²) in [6.07, 6.45) is 5.05. The number of hydrogen-bond acceptors (Lipinski definition) is 8. The van der Waals surface area contributed by atoms with Crippen LogP contribution in [0.25, 0.3) is 0 Å². The first-order valence-corrected chi connectivity index (χ1v) is 10.0. The average Bonchev–Trinajstić information content (AvgIpc) is 3.25. The Morgan fingerprint density at radius 2 is 1.80 bits per heavy atom. The van der Waals surface area contributed by atoms with E-state index in [1.54, 1.807) is 14.2 Å². The van der Waals surface area contributed by atoms with Crippen LogP contribution in [0.1, 0.15) is 30.7 Å². The van der Waals surface area contributed by atoms with E-state index in [1.165, 1.54) is 11.5 Å². The van der Waals surface area contributed by atoms with Gasteiger partial charge in [0, 0.05) is 37.3 Å². The third kappa shape index (κ3) is 5.01. The molecule has 0 unspecified atom stereocenters. The van der Waals surface area contributed by atoms with Crippen molar-refractivity contribution in [2.24, 2.45) is 0 Å². The molecule has 30 heavy (non-hydrogen) atoms. The summed E-state index contributed by atoms with van der Waals surface area (Å²) in [7, 11) is 3.32. The topological polar surface area (TPSA) is 85.5 Å². The number of nitrogens with zero attached hydrogens (tertiary/aromatic N) is 4. The minimum absolute atomic E-state index is 0.246. The maximum absolute atomic E-state index is 5.85. The maximum Gasteiger partial charge on any atom is 0.222 e. The van der Waals surface area contributed by atoms with Crippen LogP contribution in [0.4, 0.5) is 11.8 Å². The molecule has 1 aromatic carbocycles. The van der Waals surface area contributed by atoms with Gasteiger partial charge >= 0.3 is 0 Å². The minimum atomic E-state index is -0.261. The van der Waals surface area contributed by atoms with Gasteiger partial charge in [0.25, 0.3) is 0 Å². The predicted octanol–water partition coefficient (Wildman–Crippen LogP) is 4.02. The summed E-state index contributed by atoms with van der Waals surface area (Å²) >= 11 is 5.68. The van der Waals surface area contributed by atoms with Gasteiger partial charge in [-0.1, -0.05) is 26.0 Å². The number of hydrogen-bond donors (Lipinski definition) is 1. The van der Waals surface area contributed by atoms with E-state index >= 15 is 0 Å². The zero-order chi connectivity index (χ0) is 21.6. The Kier molecular flexibility index (Phi) is 7.12. The molecule has 0 saturated carbocycles. The van der Waals surface area contributed by atoms with Gasteiger partial charge in [-0.05, 0) is 23.3 Å². The number of rotatable bonds is 10. The summed E-state index contributed by atoms with van der Waals surface area (Å²) < 4.78 is 11.2. The number of aromatic nitrogens is 3. The van der Waals surface area contributed by atoms with Crippen molar-refractivity contribution in [3.8, 4) is 5.75 Å². The Bertz CT molecular complexity index is 929. The van der Waals surface area contributed by atoms with Gasteiger partial charge in [-0.3, -0.25) is 4.84 Å². The number of nitrogens with one attached hydrogen (secondary N) is 1. The van der Waals surface area contributed by atoms with Gasteiger partial charge in [-0.15, -0.1) is 11.6 Å². The normalized spacial score (nSPS) is 11.4. The van der Waals surface area contributed by atoms with Crippen LogP contribution in [0, 0.1) is 0 Å². The number of anilines is 2. The van der Waals surface area contributed by atoms with E-state index in [0.717, 1.165) is 16.9 Å². The molecule has 0 atom stereocenters. The quantitative estimate of drug-likeness (QED) is 0.380. The molecule has 3 aromatic rings. The molecule has 0 fully saturated rings. The van der Waals surface area contributed by atoms with Crippen LogP contribution in [0.3, 0.4) is 0 Å². The van der Waals surface area contributed by atoms with E-state index in [0.29, 0.717) is 30.0 Å². The number of hydroxylamine groups is 1. The predicted molar refractivity (Wildman–Crippen MR) is 116 cm³/mol. The molecule has 0 radical (unpaired) electrons. The molecule has 0 aliphatic carbocycles. The molecule has 3 rings (SSSR count). The lowest BCUT2D eigenvalue weighted by Crippen LogP contribution is -2.20. The van der Waals surface area contributed by atoms with Gasteiger partial charge in [0.15, 0.2) is 18.0 Å². The Balaban J connectivity index is 1.66. The summed E-state index contributed by atoms with van der Waals surface area (Å²) in [6, 6.07) is 7.95.